The first kappa shape index (κ1) is 13.8. The Hall–Kier alpha value is -1.65. The average molecular weight is 263 g/mol. The number of hydrogen-bond donors (Lipinski definition) is 1. The van der Waals surface area contributed by atoms with Gasteiger partial charge in [-0.1, -0.05) is 25.1 Å². The zero-order valence-corrected chi connectivity index (χ0v) is 11.2. The monoisotopic (exact) mass is 263 g/mol. The minimum Gasteiger partial charge on any atom is -0.462 e. The summed E-state index contributed by atoms with van der Waals surface area (Å²) in [7, 11) is 1.61. The molecule has 3 nitrogen and oxygen atoms in total. The molecule has 1 unspecified atom stereocenters. The fraction of sp³-hybridized carbons (Fsp3) is 0.333. The average Bonchev–Trinajstić information content (AvgIpc) is 2.86. The minimum absolute atomic E-state index is 0.238. The summed E-state index contributed by atoms with van der Waals surface area (Å²) < 4.78 is 24.6. The maximum Gasteiger partial charge on any atom is 0.129 e. The summed E-state index contributed by atoms with van der Waals surface area (Å²) in [5.41, 5.74) is 0.586. The van der Waals surface area contributed by atoms with Crippen molar-refractivity contribution >= 4 is 0 Å². The van der Waals surface area contributed by atoms with E-state index >= 15 is 0 Å². The van der Waals surface area contributed by atoms with Crippen LogP contribution in [0.4, 0.5) is 4.39 Å². The smallest absolute Gasteiger partial charge is 0.129 e. The van der Waals surface area contributed by atoms with E-state index in [0.717, 1.165) is 12.3 Å². The van der Waals surface area contributed by atoms with Gasteiger partial charge in [0.05, 0.1) is 6.04 Å². The topological polar surface area (TPSA) is 34.4 Å². The van der Waals surface area contributed by atoms with Crippen LogP contribution in [0.25, 0.3) is 0 Å². The molecule has 1 atom stereocenters. The van der Waals surface area contributed by atoms with Crippen LogP contribution < -0.4 is 5.32 Å². The second-order valence-electron chi connectivity index (χ2n) is 4.25. The van der Waals surface area contributed by atoms with Gasteiger partial charge in [-0.15, -0.1) is 0 Å². The van der Waals surface area contributed by atoms with Crippen molar-refractivity contribution in [1.29, 1.82) is 0 Å². The summed E-state index contributed by atoms with van der Waals surface area (Å²) in [6.07, 6.45) is 0. The molecule has 0 spiro atoms. The lowest BCUT2D eigenvalue weighted by atomic mass is 10.0. The van der Waals surface area contributed by atoms with Gasteiger partial charge in [0.1, 0.15) is 23.9 Å². The van der Waals surface area contributed by atoms with E-state index in [1.807, 2.05) is 25.1 Å². The summed E-state index contributed by atoms with van der Waals surface area (Å²) >= 11 is 0. The highest BCUT2D eigenvalue weighted by Crippen LogP contribution is 2.26. The van der Waals surface area contributed by atoms with Crippen LogP contribution in [0.15, 0.2) is 40.8 Å². The molecule has 2 aromatic rings. The van der Waals surface area contributed by atoms with Crippen molar-refractivity contribution in [3.63, 3.8) is 0 Å². The van der Waals surface area contributed by atoms with Gasteiger partial charge in [0, 0.05) is 12.7 Å². The SMILES string of the molecule is CCNC(c1ccc(COC)o1)c1ccccc1F. The molecule has 0 saturated carbocycles. The first-order chi connectivity index (χ1) is 9.26. The first-order valence-corrected chi connectivity index (χ1v) is 6.31. The zero-order chi connectivity index (χ0) is 13.7. The van der Waals surface area contributed by atoms with Crippen molar-refractivity contribution in [3.05, 3.63) is 59.3 Å². The molecule has 0 bridgehead atoms. The summed E-state index contributed by atoms with van der Waals surface area (Å²) in [6, 6.07) is 10.1. The van der Waals surface area contributed by atoms with Gasteiger partial charge in [0.2, 0.25) is 0 Å². The third kappa shape index (κ3) is 3.22. The van der Waals surface area contributed by atoms with Gasteiger partial charge >= 0.3 is 0 Å². The van der Waals surface area contributed by atoms with E-state index in [2.05, 4.69) is 5.32 Å². The zero-order valence-electron chi connectivity index (χ0n) is 11.2. The van der Waals surface area contributed by atoms with E-state index in [4.69, 9.17) is 9.15 Å². The Kier molecular flexibility index (Phi) is 4.71. The predicted octanol–water partition coefficient (Wildman–Crippen LogP) is 3.26. The molecule has 4 heteroatoms. The maximum atomic E-state index is 13.9. The molecule has 0 amide bonds. The Morgan fingerprint density at radius 1 is 1.26 bits per heavy atom. The van der Waals surface area contributed by atoms with Crippen molar-refractivity contribution in [2.24, 2.45) is 0 Å². The van der Waals surface area contributed by atoms with Crippen LogP contribution in [0.2, 0.25) is 0 Å². The molecule has 1 N–H and O–H groups in total. The number of rotatable bonds is 6. The van der Waals surface area contributed by atoms with Crippen LogP contribution in [0.5, 0.6) is 0 Å². The maximum absolute atomic E-state index is 13.9. The lowest BCUT2D eigenvalue weighted by Gasteiger charge is -2.16. The molecule has 1 aromatic carbocycles. The van der Waals surface area contributed by atoms with Gasteiger partial charge in [0.25, 0.3) is 0 Å². The Labute approximate surface area is 112 Å². The lowest BCUT2D eigenvalue weighted by molar-refractivity contribution is 0.162. The number of nitrogens with one attached hydrogen (secondary N) is 1. The molecule has 102 valence electrons. The largest absolute Gasteiger partial charge is 0.462 e. The van der Waals surface area contributed by atoms with E-state index in [1.54, 1.807) is 19.2 Å². The van der Waals surface area contributed by atoms with Crippen LogP contribution >= 0.6 is 0 Å². The number of methoxy groups -OCH3 is 1. The van der Waals surface area contributed by atoms with Gasteiger partial charge in [-0.3, -0.25) is 0 Å². The van der Waals surface area contributed by atoms with Gasteiger partial charge < -0.3 is 14.5 Å². The van der Waals surface area contributed by atoms with Gasteiger partial charge in [-0.25, -0.2) is 4.39 Å². The van der Waals surface area contributed by atoms with E-state index in [-0.39, 0.29) is 11.9 Å². The summed E-state index contributed by atoms with van der Waals surface area (Å²) in [4.78, 5) is 0. The molecule has 0 fully saturated rings. The van der Waals surface area contributed by atoms with E-state index in [0.29, 0.717) is 17.9 Å². The minimum atomic E-state index is -0.281. The number of benzene rings is 1. The normalized spacial score (nSPS) is 12.6. The van der Waals surface area contributed by atoms with Crippen molar-refractivity contribution in [2.75, 3.05) is 13.7 Å². The molecule has 0 aliphatic rings. The lowest BCUT2D eigenvalue weighted by Crippen LogP contribution is -2.22. The highest BCUT2D eigenvalue weighted by Gasteiger charge is 2.19. The van der Waals surface area contributed by atoms with Gasteiger partial charge in [0.15, 0.2) is 0 Å². The molecule has 0 radical (unpaired) electrons. The molecule has 2 rings (SSSR count). The van der Waals surface area contributed by atoms with Crippen LogP contribution in [-0.2, 0) is 11.3 Å². The Balaban J connectivity index is 2.31. The standard InChI is InChI=1S/C15H18FNO2/c1-3-17-15(12-6-4-5-7-13(12)16)14-9-8-11(19-14)10-18-2/h4-9,15,17H,3,10H2,1-2H3. The number of furan rings is 1. The fourth-order valence-corrected chi connectivity index (χ4v) is 2.05. The van der Waals surface area contributed by atoms with Crippen molar-refractivity contribution < 1.29 is 13.5 Å². The number of ether oxygens (including phenoxy) is 1. The van der Waals surface area contributed by atoms with Crippen LogP contribution in [0.3, 0.4) is 0 Å². The molecule has 0 aliphatic carbocycles. The van der Waals surface area contributed by atoms with Crippen LogP contribution in [0, 0.1) is 5.82 Å². The van der Waals surface area contributed by atoms with E-state index in [1.165, 1.54) is 6.07 Å². The summed E-state index contributed by atoms with van der Waals surface area (Å²) in [6.45, 7) is 3.11. The predicted molar refractivity (Wildman–Crippen MR) is 71.3 cm³/mol. The first-order valence-electron chi connectivity index (χ1n) is 6.31. The molecule has 19 heavy (non-hydrogen) atoms. The second kappa shape index (κ2) is 6.50. The molecule has 0 aliphatic heterocycles. The summed E-state index contributed by atoms with van der Waals surface area (Å²) in [5.74, 6) is 1.19. The highest BCUT2D eigenvalue weighted by molar-refractivity contribution is 5.28. The fourth-order valence-electron chi connectivity index (χ4n) is 2.05. The van der Waals surface area contributed by atoms with Gasteiger partial charge in [-0.2, -0.15) is 0 Å². The third-order valence-electron chi connectivity index (χ3n) is 2.88. The summed E-state index contributed by atoms with van der Waals surface area (Å²) in [5, 5.41) is 3.24. The quantitative estimate of drug-likeness (QED) is 0.868. The Bertz CT molecular complexity index is 524. The van der Waals surface area contributed by atoms with Crippen molar-refractivity contribution in [2.45, 2.75) is 19.6 Å². The number of hydrogen-bond acceptors (Lipinski definition) is 3. The Morgan fingerprint density at radius 3 is 2.74 bits per heavy atom. The Morgan fingerprint density at radius 2 is 2.05 bits per heavy atom. The van der Waals surface area contributed by atoms with Crippen LogP contribution in [0.1, 0.15) is 30.0 Å². The third-order valence-corrected chi connectivity index (χ3v) is 2.88. The molecular weight excluding hydrogens is 245 g/mol. The molecular formula is C15H18FNO2. The molecule has 1 aromatic heterocycles. The van der Waals surface area contributed by atoms with Crippen molar-refractivity contribution in [3.8, 4) is 0 Å². The number of halogens is 1. The van der Waals surface area contributed by atoms with E-state index < -0.39 is 0 Å². The highest BCUT2D eigenvalue weighted by atomic mass is 19.1. The van der Waals surface area contributed by atoms with Crippen molar-refractivity contribution in [1.82, 2.24) is 5.32 Å². The van der Waals surface area contributed by atoms with Crippen LogP contribution in [-0.4, -0.2) is 13.7 Å². The second-order valence-corrected chi connectivity index (χ2v) is 4.25. The van der Waals surface area contributed by atoms with Gasteiger partial charge in [-0.05, 0) is 24.7 Å². The van der Waals surface area contributed by atoms with E-state index in [9.17, 15) is 4.39 Å². The molecule has 0 saturated heterocycles. The molecule has 1 heterocycles.